The number of esters is 2. The molecule has 0 saturated heterocycles. The second-order valence-corrected chi connectivity index (χ2v) is 9.41. The molecule has 4 nitrogen and oxygen atoms in total. The van der Waals surface area contributed by atoms with E-state index in [1.54, 1.807) is 0 Å². The molecule has 0 N–H and O–H groups in total. The lowest BCUT2D eigenvalue weighted by Gasteiger charge is -2.20. The van der Waals surface area contributed by atoms with Crippen LogP contribution in [0, 0.1) is 11.8 Å². The fourth-order valence-corrected chi connectivity index (χ4v) is 3.96. The summed E-state index contributed by atoms with van der Waals surface area (Å²) in [7, 11) is 0. The van der Waals surface area contributed by atoms with E-state index in [-0.39, 0.29) is 11.9 Å². The summed E-state index contributed by atoms with van der Waals surface area (Å²) in [6, 6.07) is 0. The number of carbonyl (C=O) groups is 2. The smallest absolute Gasteiger partial charge is 0.305 e. The maximum absolute atomic E-state index is 11.7. The Morgan fingerprint density at radius 3 is 1.45 bits per heavy atom. The first kappa shape index (κ1) is 29.9. The third-order valence-electron chi connectivity index (χ3n) is 6.05. The molecule has 0 radical (unpaired) electrons. The highest BCUT2D eigenvalue weighted by molar-refractivity contribution is 5.69. The van der Waals surface area contributed by atoms with Crippen molar-refractivity contribution in [1.82, 2.24) is 0 Å². The Morgan fingerprint density at radius 2 is 1.00 bits per heavy atom. The van der Waals surface area contributed by atoms with Crippen LogP contribution in [0.25, 0.3) is 0 Å². The Labute approximate surface area is 193 Å². The highest BCUT2D eigenvalue weighted by Crippen LogP contribution is 2.24. The molecular formula is C27H52O4. The van der Waals surface area contributed by atoms with E-state index in [0.29, 0.717) is 37.9 Å². The Kier molecular flexibility index (Phi) is 21.4. The number of carbonyl (C=O) groups excluding carboxylic acids is 2. The van der Waals surface area contributed by atoms with Crippen molar-refractivity contribution in [3.05, 3.63) is 0 Å². The minimum Gasteiger partial charge on any atom is -0.466 e. The van der Waals surface area contributed by atoms with Gasteiger partial charge in [-0.1, -0.05) is 98.3 Å². The maximum atomic E-state index is 11.7. The first-order valence-corrected chi connectivity index (χ1v) is 13.3. The standard InChI is InChI=1S/C27H52O4/c1-5-22-30-26(28)19-17-15-13-11-9-7-8-10-12-14-16-18-25(24(3)4)20-21-27(29)31-23-6-2/h24-25H,5-23H2,1-4H3. The fraction of sp³-hybridized carbons (Fsp3) is 0.926. The molecule has 0 saturated carbocycles. The minimum atomic E-state index is -0.0314. The summed E-state index contributed by atoms with van der Waals surface area (Å²) in [5.74, 6) is 1.22. The van der Waals surface area contributed by atoms with Gasteiger partial charge in [0.2, 0.25) is 0 Å². The average Bonchev–Trinajstić information content (AvgIpc) is 2.75. The van der Waals surface area contributed by atoms with Gasteiger partial charge in [0.1, 0.15) is 0 Å². The molecule has 0 spiro atoms. The van der Waals surface area contributed by atoms with E-state index >= 15 is 0 Å². The van der Waals surface area contributed by atoms with Gasteiger partial charge in [-0.2, -0.15) is 0 Å². The average molecular weight is 441 g/mol. The molecule has 31 heavy (non-hydrogen) atoms. The van der Waals surface area contributed by atoms with E-state index in [0.717, 1.165) is 32.1 Å². The number of hydrogen-bond donors (Lipinski definition) is 0. The molecule has 0 amide bonds. The molecule has 0 heterocycles. The number of ether oxygens (including phenoxy) is 2. The van der Waals surface area contributed by atoms with Crippen molar-refractivity contribution in [2.75, 3.05) is 13.2 Å². The van der Waals surface area contributed by atoms with Crippen molar-refractivity contribution in [2.24, 2.45) is 11.8 Å². The second-order valence-electron chi connectivity index (χ2n) is 9.41. The van der Waals surface area contributed by atoms with Crippen LogP contribution in [-0.4, -0.2) is 25.2 Å². The lowest BCUT2D eigenvalue weighted by atomic mass is 9.86. The fourth-order valence-electron chi connectivity index (χ4n) is 3.96. The monoisotopic (exact) mass is 440 g/mol. The van der Waals surface area contributed by atoms with Gasteiger partial charge >= 0.3 is 11.9 Å². The highest BCUT2D eigenvalue weighted by Gasteiger charge is 2.15. The molecule has 0 aliphatic carbocycles. The maximum Gasteiger partial charge on any atom is 0.305 e. The van der Waals surface area contributed by atoms with Crippen LogP contribution < -0.4 is 0 Å². The van der Waals surface area contributed by atoms with Gasteiger partial charge in [0, 0.05) is 12.8 Å². The van der Waals surface area contributed by atoms with Crippen molar-refractivity contribution in [1.29, 1.82) is 0 Å². The third kappa shape index (κ3) is 20.6. The van der Waals surface area contributed by atoms with Gasteiger partial charge in [0.15, 0.2) is 0 Å². The molecule has 0 aliphatic heterocycles. The summed E-state index contributed by atoms with van der Waals surface area (Å²) in [5, 5.41) is 0. The normalized spacial score (nSPS) is 12.2. The molecule has 0 aliphatic rings. The predicted octanol–water partition coefficient (Wildman–Crippen LogP) is 8.02. The molecule has 184 valence electrons. The lowest BCUT2D eigenvalue weighted by molar-refractivity contribution is -0.144. The zero-order chi connectivity index (χ0) is 23.2. The molecular weight excluding hydrogens is 388 g/mol. The molecule has 0 rings (SSSR count). The minimum absolute atomic E-state index is 0.0259. The van der Waals surface area contributed by atoms with E-state index in [4.69, 9.17) is 9.47 Å². The van der Waals surface area contributed by atoms with Gasteiger partial charge in [-0.25, -0.2) is 0 Å². The zero-order valence-corrected chi connectivity index (χ0v) is 21.2. The Hall–Kier alpha value is -1.06. The molecule has 1 atom stereocenters. The van der Waals surface area contributed by atoms with Crippen molar-refractivity contribution in [3.63, 3.8) is 0 Å². The van der Waals surface area contributed by atoms with Crippen molar-refractivity contribution in [2.45, 2.75) is 137 Å². The Balaban J connectivity index is 3.48. The van der Waals surface area contributed by atoms with Gasteiger partial charge in [0.05, 0.1) is 13.2 Å². The van der Waals surface area contributed by atoms with E-state index in [2.05, 4.69) is 13.8 Å². The summed E-state index contributed by atoms with van der Waals surface area (Å²) in [5.41, 5.74) is 0. The van der Waals surface area contributed by atoms with Crippen LogP contribution in [0.1, 0.15) is 137 Å². The molecule has 0 bridgehead atoms. The lowest BCUT2D eigenvalue weighted by Crippen LogP contribution is -2.13. The van der Waals surface area contributed by atoms with E-state index in [9.17, 15) is 9.59 Å². The molecule has 0 aromatic carbocycles. The second kappa shape index (κ2) is 22.1. The number of rotatable bonds is 22. The largest absolute Gasteiger partial charge is 0.466 e. The Bertz CT molecular complexity index is 419. The SMILES string of the molecule is CCCOC(=O)CCCCCCCCCCCCCC(CCC(=O)OCCC)C(C)C. The topological polar surface area (TPSA) is 52.6 Å². The highest BCUT2D eigenvalue weighted by atomic mass is 16.5. The van der Waals surface area contributed by atoms with Gasteiger partial charge in [-0.3, -0.25) is 9.59 Å². The number of hydrogen-bond acceptors (Lipinski definition) is 4. The van der Waals surface area contributed by atoms with Crippen LogP contribution in [0.4, 0.5) is 0 Å². The van der Waals surface area contributed by atoms with Crippen LogP contribution in [0.15, 0.2) is 0 Å². The van der Waals surface area contributed by atoms with Gasteiger partial charge in [-0.05, 0) is 37.5 Å². The van der Waals surface area contributed by atoms with Crippen molar-refractivity contribution < 1.29 is 19.1 Å². The number of unbranched alkanes of at least 4 members (excludes halogenated alkanes) is 10. The van der Waals surface area contributed by atoms with Crippen molar-refractivity contribution in [3.8, 4) is 0 Å². The van der Waals surface area contributed by atoms with E-state index < -0.39 is 0 Å². The van der Waals surface area contributed by atoms with Crippen LogP contribution >= 0.6 is 0 Å². The van der Waals surface area contributed by atoms with Crippen LogP contribution in [-0.2, 0) is 19.1 Å². The molecule has 0 aromatic rings. The van der Waals surface area contributed by atoms with Gasteiger partial charge in [0.25, 0.3) is 0 Å². The summed E-state index contributed by atoms with van der Waals surface area (Å²) < 4.78 is 10.3. The van der Waals surface area contributed by atoms with Crippen molar-refractivity contribution >= 4 is 11.9 Å². The molecule has 0 aromatic heterocycles. The van der Waals surface area contributed by atoms with Crippen LogP contribution in [0.3, 0.4) is 0 Å². The first-order valence-electron chi connectivity index (χ1n) is 13.3. The molecule has 4 heteroatoms. The third-order valence-corrected chi connectivity index (χ3v) is 6.05. The Morgan fingerprint density at radius 1 is 0.581 bits per heavy atom. The molecule has 1 unspecified atom stereocenters. The van der Waals surface area contributed by atoms with Gasteiger partial charge in [-0.15, -0.1) is 0 Å². The quantitative estimate of drug-likeness (QED) is 0.126. The first-order chi connectivity index (χ1) is 15.0. The van der Waals surface area contributed by atoms with E-state index in [1.165, 1.54) is 64.2 Å². The van der Waals surface area contributed by atoms with Crippen LogP contribution in [0.2, 0.25) is 0 Å². The van der Waals surface area contributed by atoms with Gasteiger partial charge < -0.3 is 9.47 Å². The summed E-state index contributed by atoms with van der Waals surface area (Å²) in [6.07, 6.45) is 19.1. The zero-order valence-electron chi connectivity index (χ0n) is 21.2. The summed E-state index contributed by atoms with van der Waals surface area (Å²) >= 11 is 0. The summed E-state index contributed by atoms with van der Waals surface area (Å²) in [4.78, 5) is 23.1. The predicted molar refractivity (Wildman–Crippen MR) is 130 cm³/mol. The summed E-state index contributed by atoms with van der Waals surface area (Å²) in [6.45, 7) is 9.72. The molecule has 0 fully saturated rings. The van der Waals surface area contributed by atoms with Crippen LogP contribution in [0.5, 0.6) is 0 Å². The van der Waals surface area contributed by atoms with E-state index in [1.807, 2.05) is 13.8 Å².